The second-order valence-electron chi connectivity index (χ2n) is 6.58. The van der Waals surface area contributed by atoms with Crippen molar-refractivity contribution in [1.29, 1.82) is 0 Å². The molecule has 2 rings (SSSR count). The maximum absolute atomic E-state index is 12.7. The van der Waals surface area contributed by atoms with Gasteiger partial charge in [-0.15, -0.1) is 0 Å². The minimum Gasteiger partial charge on any atom is -0.389 e. The third kappa shape index (κ3) is 5.63. The molecule has 2 fully saturated rings. The Balaban J connectivity index is 1.95. The van der Waals surface area contributed by atoms with Gasteiger partial charge in [-0.1, -0.05) is 6.92 Å². The predicted octanol–water partition coefficient (Wildman–Crippen LogP) is -1.62. The number of ether oxygens (including phenoxy) is 1. The molecule has 0 aliphatic carbocycles. The van der Waals surface area contributed by atoms with Gasteiger partial charge in [0, 0.05) is 32.8 Å². The molecule has 0 bridgehead atoms. The van der Waals surface area contributed by atoms with Crippen LogP contribution in [-0.2, 0) is 24.3 Å². The minimum atomic E-state index is -3.46. The van der Waals surface area contributed by atoms with Gasteiger partial charge in [0.25, 0.3) is 0 Å². The van der Waals surface area contributed by atoms with Crippen molar-refractivity contribution in [1.82, 2.24) is 14.5 Å². The van der Waals surface area contributed by atoms with Gasteiger partial charge in [-0.2, -0.15) is 0 Å². The first kappa shape index (κ1) is 20.1. The molecule has 0 aromatic rings. The Morgan fingerprint density at radius 2 is 1.88 bits per heavy atom. The molecule has 2 aliphatic rings. The summed E-state index contributed by atoms with van der Waals surface area (Å²) in [5, 5.41) is 10.2. The summed E-state index contributed by atoms with van der Waals surface area (Å²) in [5.74, 6) is -0.673. The monoisotopic (exact) mass is 377 g/mol. The molecule has 0 saturated carbocycles. The van der Waals surface area contributed by atoms with Crippen LogP contribution in [0.2, 0.25) is 0 Å². The zero-order valence-electron chi connectivity index (χ0n) is 14.7. The van der Waals surface area contributed by atoms with Gasteiger partial charge in [0.2, 0.25) is 21.8 Å². The molecule has 25 heavy (non-hydrogen) atoms. The van der Waals surface area contributed by atoms with Gasteiger partial charge < -0.3 is 19.6 Å². The van der Waals surface area contributed by atoms with Gasteiger partial charge in [0.15, 0.2) is 0 Å². The maximum atomic E-state index is 12.7. The Morgan fingerprint density at radius 1 is 1.24 bits per heavy atom. The van der Waals surface area contributed by atoms with Gasteiger partial charge >= 0.3 is 0 Å². The summed E-state index contributed by atoms with van der Waals surface area (Å²) in [5.41, 5.74) is 0. The summed E-state index contributed by atoms with van der Waals surface area (Å²) in [4.78, 5) is 27.9. The van der Waals surface area contributed by atoms with Crippen LogP contribution in [0.15, 0.2) is 0 Å². The summed E-state index contributed by atoms with van der Waals surface area (Å²) in [6, 6.07) is 0. The summed E-state index contributed by atoms with van der Waals surface area (Å²) in [7, 11) is -3.46. The number of nitrogens with zero attached hydrogens (tertiary/aromatic N) is 2. The van der Waals surface area contributed by atoms with E-state index in [1.165, 1.54) is 4.90 Å². The smallest absolute Gasteiger partial charge is 0.237 e. The number of aliphatic hydroxyl groups is 1. The van der Waals surface area contributed by atoms with E-state index in [-0.39, 0.29) is 44.1 Å². The summed E-state index contributed by atoms with van der Waals surface area (Å²) >= 11 is 0. The number of amides is 2. The fourth-order valence-corrected chi connectivity index (χ4v) is 3.68. The molecule has 0 aromatic heterocycles. The van der Waals surface area contributed by atoms with Crippen molar-refractivity contribution in [3.63, 3.8) is 0 Å². The lowest BCUT2D eigenvalue weighted by Crippen LogP contribution is -2.43. The number of hydrogen-bond donors (Lipinski definition) is 2. The van der Waals surface area contributed by atoms with E-state index in [4.69, 9.17) is 4.74 Å². The predicted molar refractivity (Wildman–Crippen MR) is 90.2 cm³/mol. The van der Waals surface area contributed by atoms with E-state index in [2.05, 4.69) is 4.72 Å². The number of carbonyl (C=O) groups excluding carboxylic acids is 2. The quantitative estimate of drug-likeness (QED) is 0.595. The summed E-state index contributed by atoms with van der Waals surface area (Å²) in [6.07, 6.45) is 1.45. The molecule has 0 spiro atoms. The van der Waals surface area contributed by atoms with Crippen LogP contribution in [0.1, 0.15) is 19.8 Å². The lowest BCUT2D eigenvalue weighted by Gasteiger charge is -2.26. The first-order valence-corrected chi connectivity index (χ1v) is 10.4. The van der Waals surface area contributed by atoms with Crippen LogP contribution in [0, 0.1) is 5.92 Å². The highest BCUT2D eigenvalue weighted by Crippen LogP contribution is 2.26. The Hall–Kier alpha value is -1.23. The Kier molecular flexibility index (Phi) is 6.78. The minimum absolute atomic E-state index is 0.0491. The molecule has 1 unspecified atom stereocenters. The first-order valence-electron chi connectivity index (χ1n) is 8.52. The third-order valence-electron chi connectivity index (χ3n) is 4.58. The molecule has 2 heterocycles. The largest absolute Gasteiger partial charge is 0.389 e. The third-order valence-corrected chi connectivity index (χ3v) is 5.25. The molecule has 3 atom stereocenters. The molecule has 2 N–H and O–H groups in total. The van der Waals surface area contributed by atoms with Crippen LogP contribution in [0.4, 0.5) is 0 Å². The normalized spacial score (nSPS) is 28.0. The lowest BCUT2D eigenvalue weighted by atomic mass is 9.98. The zero-order valence-corrected chi connectivity index (χ0v) is 15.5. The van der Waals surface area contributed by atoms with E-state index in [0.717, 1.165) is 12.7 Å². The molecule has 0 aromatic carbocycles. The Labute approximate surface area is 148 Å². The molecule has 0 radical (unpaired) electrons. The second-order valence-corrected chi connectivity index (χ2v) is 8.42. The van der Waals surface area contributed by atoms with Gasteiger partial charge in [0.05, 0.1) is 30.9 Å². The van der Waals surface area contributed by atoms with Crippen LogP contribution >= 0.6 is 0 Å². The highest BCUT2D eigenvalue weighted by Gasteiger charge is 2.37. The highest BCUT2D eigenvalue weighted by molar-refractivity contribution is 7.88. The maximum Gasteiger partial charge on any atom is 0.237 e. The SMILES string of the molecule is CC[C@@H]1OCC[C@H]1C(=O)N1CCN(C(=O)CNS(C)(=O)=O)CC(O)C1. The van der Waals surface area contributed by atoms with Crippen molar-refractivity contribution < 1.29 is 27.9 Å². The van der Waals surface area contributed by atoms with Crippen molar-refractivity contribution in [3.05, 3.63) is 0 Å². The number of aliphatic hydroxyl groups excluding tert-OH is 1. The topological polar surface area (TPSA) is 116 Å². The second kappa shape index (κ2) is 8.43. The number of rotatable bonds is 5. The molecule has 2 saturated heterocycles. The van der Waals surface area contributed by atoms with Crippen LogP contribution < -0.4 is 4.72 Å². The van der Waals surface area contributed by atoms with Crippen LogP contribution in [0.25, 0.3) is 0 Å². The van der Waals surface area contributed by atoms with Crippen molar-refractivity contribution in [2.24, 2.45) is 5.92 Å². The summed E-state index contributed by atoms with van der Waals surface area (Å²) in [6.45, 7) is 3.00. The van der Waals surface area contributed by atoms with E-state index in [9.17, 15) is 23.1 Å². The molecular weight excluding hydrogens is 350 g/mol. The van der Waals surface area contributed by atoms with Crippen molar-refractivity contribution >= 4 is 21.8 Å². The molecule has 2 amide bonds. The average Bonchev–Trinajstić information content (AvgIpc) is 2.93. The van der Waals surface area contributed by atoms with Crippen LogP contribution in [-0.4, -0.2) is 92.9 Å². The lowest BCUT2D eigenvalue weighted by molar-refractivity contribution is -0.138. The molecule has 2 aliphatic heterocycles. The number of β-amino-alcohol motifs (C(OH)–C–C–N with tert-alkyl or cyclic N) is 1. The fourth-order valence-electron chi connectivity index (χ4n) is 3.29. The first-order chi connectivity index (χ1) is 11.7. The van der Waals surface area contributed by atoms with Gasteiger partial charge in [-0.25, -0.2) is 13.1 Å². The van der Waals surface area contributed by atoms with E-state index in [0.29, 0.717) is 19.6 Å². The highest BCUT2D eigenvalue weighted by atomic mass is 32.2. The molecular formula is C15H27N3O6S. The molecule has 9 nitrogen and oxygen atoms in total. The zero-order chi connectivity index (χ0) is 18.6. The number of sulfonamides is 1. The van der Waals surface area contributed by atoms with Gasteiger partial charge in [-0.3, -0.25) is 9.59 Å². The van der Waals surface area contributed by atoms with E-state index >= 15 is 0 Å². The average molecular weight is 377 g/mol. The van der Waals surface area contributed by atoms with E-state index < -0.39 is 22.0 Å². The fraction of sp³-hybridized carbons (Fsp3) is 0.867. The van der Waals surface area contributed by atoms with Crippen molar-refractivity contribution in [3.8, 4) is 0 Å². The Bertz CT molecular complexity index is 596. The Morgan fingerprint density at radius 3 is 2.52 bits per heavy atom. The standard InChI is InChI=1S/C15H27N3O6S/c1-3-13-12(4-7-24-13)15(21)18-6-5-17(9-11(19)10-18)14(20)8-16-25(2,22)23/h11-13,16,19H,3-10H2,1-2H3/t11?,12-,13+/m1/s1. The van der Waals surface area contributed by atoms with Gasteiger partial charge in [-0.05, 0) is 12.8 Å². The van der Waals surface area contributed by atoms with Crippen molar-refractivity contribution in [2.75, 3.05) is 45.6 Å². The van der Waals surface area contributed by atoms with Crippen molar-refractivity contribution in [2.45, 2.75) is 32.0 Å². The number of nitrogens with one attached hydrogen (secondary N) is 1. The number of hydrogen-bond acceptors (Lipinski definition) is 6. The van der Waals surface area contributed by atoms with Crippen LogP contribution in [0.3, 0.4) is 0 Å². The van der Waals surface area contributed by atoms with E-state index in [1.807, 2.05) is 6.92 Å². The van der Waals surface area contributed by atoms with Crippen LogP contribution in [0.5, 0.6) is 0 Å². The number of carbonyl (C=O) groups is 2. The van der Waals surface area contributed by atoms with Gasteiger partial charge in [0.1, 0.15) is 0 Å². The molecule has 10 heteroatoms. The summed E-state index contributed by atoms with van der Waals surface area (Å²) < 4.78 is 29.9. The molecule has 144 valence electrons. The van der Waals surface area contributed by atoms with E-state index in [1.54, 1.807) is 4.90 Å².